The first-order valence-electron chi connectivity index (χ1n) is 11.7. The number of hydrogen-bond acceptors (Lipinski definition) is 5. The molecule has 2 fully saturated rings. The Morgan fingerprint density at radius 1 is 1.06 bits per heavy atom. The Bertz CT molecular complexity index is 1060. The lowest BCUT2D eigenvalue weighted by atomic mass is 9.98. The summed E-state index contributed by atoms with van der Waals surface area (Å²) in [6.07, 6.45) is 0.221. The van der Waals surface area contributed by atoms with Crippen LogP contribution in [0.15, 0.2) is 48.5 Å². The number of carboxylic acids is 1. The molecule has 2 aliphatic carbocycles. The molecule has 0 bridgehead atoms. The van der Waals surface area contributed by atoms with E-state index in [2.05, 4.69) is 29.6 Å². The van der Waals surface area contributed by atoms with Crippen molar-refractivity contribution in [2.75, 3.05) is 31.2 Å². The third-order valence-corrected chi connectivity index (χ3v) is 8.10. The zero-order valence-corrected chi connectivity index (χ0v) is 19.6. The third kappa shape index (κ3) is 4.64. The molecule has 2 amide bonds. The number of aliphatic carboxylic acids is 1. The Morgan fingerprint density at radius 3 is 2.41 bits per heavy atom. The molecule has 5 rings (SSSR count). The summed E-state index contributed by atoms with van der Waals surface area (Å²) in [5, 5.41) is 12.0. The van der Waals surface area contributed by atoms with Gasteiger partial charge in [0.05, 0.1) is 12.5 Å². The van der Waals surface area contributed by atoms with Crippen LogP contribution in [0.5, 0.6) is 0 Å². The minimum Gasteiger partial charge on any atom is -0.481 e. The molecule has 1 saturated heterocycles. The Hall–Kier alpha value is -3.00. The highest BCUT2D eigenvalue weighted by Gasteiger charge is 2.46. The van der Waals surface area contributed by atoms with E-state index in [-0.39, 0.29) is 42.7 Å². The SMILES string of the molecule is O=C(O)CC1CSCCN1C(=O)[C@H]1C[C@H]1CNC(=O)OCC1c2ccccc2-c2ccccc21. The van der Waals surface area contributed by atoms with Gasteiger partial charge in [-0.3, -0.25) is 9.59 Å². The van der Waals surface area contributed by atoms with Gasteiger partial charge < -0.3 is 20.1 Å². The van der Waals surface area contributed by atoms with Gasteiger partial charge in [-0.05, 0) is 34.6 Å². The number of benzene rings is 2. The van der Waals surface area contributed by atoms with Crippen molar-refractivity contribution in [3.63, 3.8) is 0 Å². The maximum atomic E-state index is 12.9. The molecule has 1 aliphatic heterocycles. The highest BCUT2D eigenvalue weighted by Crippen LogP contribution is 2.44. The molecule has 0 radical (unpaired) electrons. The van der Waals surface area contributed by atoms with Gasteiger partial charge in [0.15, 0.2) is 0 Å². The summed E-state index contributed by atoms with van der Waals surface area (Å²) < 4.78 is 5.58. The fourth-order valence-electron chi connectivity index (χ4n) is 5.17. The molecule has 1 saturated carbocycles. The number of amides is 2. The van der Waals surface area contributed by atoms with Crippen molar-refractivity contribution in [2.24, 2.45) is 11.8 Å². The number of carbonyl (C=O) groups is 3. The van der Waals surface area contributed by atoms with E-state index in [0.717, 1.165) is 5.75 Å². The Kier molecular flexibility index (Phi) is 6.50. The van der Waals surface area contributed by atoms with Crippen molar-refractivity contribution in [1.29, 1.82) is 0 Å². The van der Waals surface area contributed by atoms with Gasteiger partial charge in [0.25, 0.3) is 0 Å². The molecule has 178 valence electrons. The van der Waals surface area contributed by atoms with Gasteiger partial charge in [-0.2, -0.15) is 11.8 Å². The fourth-order valence-corrected chi connectivity index (χ4v) is 6.23. The topological polar surface area (TPSA) is 95.9 Å². The first-order valence-corrected chi connectivity index (χ1v) is 12.9. The lowest BCUT2D eigenvalue weighted by molar-refractivity contribution is -0.141. The van der Waals surface area contributed by atoms with E-state index in [1.165, 1.54) is 22.3 Å². The molecular formula is C26H28N2O5S. The molecule has 2 N–H and O–H groups in total. The van der Waals surface area contributed by atoms with Gasteiger partial charge in [-0.25, -0.2) is 4.79 Å². The van der Waals surface area contributed by atoms with E-state index in [0.29, 0.717) is 25.3 Å². The summed E-state index contributed by atoms with van der Waals surface area (Å²) in [5.41, 5.74) is 4.70. The van der Waals surface area contributed by atoms with Gasteiger partial charge in [-0.15, -0.1) is 0 Å². The van der Waals surface area contributed by atoms with Crippen molar-refractivity contribution in [3.05, 3.63) is 59.7 Å². The predicted molar refractivity (Wildman–Crippen MR) is 130 cm³/mol. The average molecular weight is 481 g/mol. The lowest BCUT2D eigenvalue weighted by Gasteiger charge is -2.35. The number of fused-ring (bicyclic) bond motifs is 3. The lowest BCUT2D eigenvalue weighted by Crippen LogP contribution is -2.48. The second-order valence-corrected chi connectivity index (χ2v) is 10.3. The number of nitrogens with zero attached hydrogens (tertiary/aromatic N) is 1. The zero-order valence-electron chi connectivity index (χ0n) is 18.8. The fraction of sp³-hybridized carbons (Fsp3) is 0.423. The van der Waals surface area contributed by atoms with Crippen LogP contribution < -0.4 is 5.32 Å². The van der Waals surface area contributed by atoms with Crippen molar-refractivity contribution in [1.82, 2.24) is 10.2 Å². The molecule has 1 heterocycles. The van der Waals surface area contributed by atoms with Crippen molar-refractivity contribution in [3.8, 4) is 11.1 Å². The molecule has 3 aliphatic rings. The van der Waals surface area contributed by atoms with E-state index in [9.17, 15) is 14.4 Å². The number of hydrogen-bond donors (Lipinski definition) is 2. The van der Waals surface area contributed by atoms with Crippen LogP contribution in [0.3, 0.4) is 0 Å². The number of ether oxygens (including phenoxy) is 1. The summed E-state index contributed by atoms with van der Waals surface area (Å²) in [4.78, 5) is 38.2. The zero-order chi connectivity index (χ0) is 23.7. The summed E-state index contributed by atoms with van der Waals surface area (Å²) in [6, 6.07) is 16.2. The van der Waals surface area contributed by atoms with Crippen LogP contribution in [0.25, 0.3) is 11.1 Å². The van der Waals surface area contributed by atoms with Gasteiger partial charge in [-0.1, -0.05) is 48.5 Å². The van der Waals surface area contributed by atoms with Crippen LogP contribution >= 0.6 is 11.8 Å². The van der Waals surface area contributed by atoms with E-state index >= 15 is 0 Å². The third-order valence-electron chi connectivity index (χ3n) is 7.01. The molecule has 3 atom stereocenters. The second-order valence-electron chi connectivity index (χ2n) is 9.17. The molecule has 8 heteroatoms. The normalized spacial score (nSPS) is 23.1. The molecule has 0 spiro atoms. The van der Waals surface area contributed by atoms with E-state index in [4.69, 9.17) is 9.84 Å². The molecule has 1 unspecified atom stereocenters. The van der Waals surface area contributed by atoms with Gasteiger partial charge in [0, 0.05) is 36.4 Å². The second kappa shape index (κ2) is 9.70. The number of rotatable bonds is 7. The Labute approximate surface area is 202 Å². The maximum absolute atomic E-state index is 12.9. The van der Waals surface area contributed by atoms with Crippen LogP contribution in [0, 0.1) is 11.8 Å². The van der Waals surface area contributed by atoms with Crippen molar-refractivity contribution >= 4 is 29.7 Å². The smallest absolute Gasteiger partial charge is 0.407 e. The highest BCUT2D eigenvalue weighted by atomic mass is 32.2. The number of carbonyl (C=O) groups excluding carboxylic acids is 2. The van der Waals surface area contributed by atoms with Crippen LogP contribution in [0.2, 0.25) is 0 Å². The molecule has 0 aromatic heterocycles. The standard InChI is InChI=1S/C26H28N2O5S/c29-24(30)12-17-15-34-10-9-28(17)25(31)22-11-16(22)13-27-26(32)33-14-23-20-7-3-1-5-18(20)19-6-2-4-8-21(19)23/h1-8,16-17,22-23H,9-15H2,(H,27,32)(H,29,30)/t16-,17?,22-/m0/s1. The number of carboxylic acid groups (broad SMARTS) is 1. The van der Waals surface area contributed by atoms with E-state index in [1.54, 1.807) is 16.7 Å². The summed E-state index contributed by atoms with van der Waals surface area (Å²) in [5.74, 6) is 0.573. The summed E-state index contributed by atoms with van der Waals surface area (Å²) >= 11 is 1.69. The van der Waals surface area contributed by atoms with Crippen molar-refractivity contribution < 1.29 is 24.2 Å². The number of thioether (sulfide) groups is 1. The minimum absolute atomic E-state index is 0.0107. The predicted octanol–water partition coefficient (Wildman–Crippen LogP) is 3.58. The van der Waals surface area contributed by atoms with E-state index in [1.807, 2.05) is 24.3 Å². The monoisotopic (exact) mass is 480 g/mol. The van der Waals surface area contributed by atoms with Crippen LogP contribution in [0.1, 0.15) is 29.9 Å². The summed E-state index contributed by atoms with van der Waals surface area (Å²) in [6.45, 7) is 1.24. The molecular weight excluding hydrogens is 452 g/mol. The summed E-state index contributed by atoms with van der Waals surface area (Å²) in [7, 11) is 0. The first kappa shape index (κ1) is 22.8. The van der Waals surface area contributed by atoms with Crippen LogP contribution in [0.4, 0.5) is 4.79 Å². The van der Waals surface area contributed by atoms with Gasteiger partial charge in [0.2, 0.25) is 5.91 Å². The molecule has 2 aromatic carbocycles. The van der Waals surface area contributed by atoms with Gasteiger partial charge >= 0.3 is 12.1 Å². The highest BCUT2D eigenvalue weighted by molar-refractivity contribution is 7.99. The quantitative estimate of drug-likeness (QED) is 0.629. The average Bonchev–Trinajstić information content (AvgIpc) is 3.56. The minimum atomic E-state index is -0.880. The van der Waals surface area contributed by atoms with Crippen LogP contribution in [-0.2, 0) is 14.3 Å². The number of nitrogens with one attached hydrogen (secondary N) is 1. The maximum Gasteiger partial charge on any atom is 0.407 e. The Morgan fingerprint density at radius 2 is 1.74 bits per heavy atom. The molecule has 7 nitrogen and oxygen atoms in total. The van der Waals surface area contributed by atoms with Gasteiger partial charge in [0.1, 0.15) is 6.61 Å². The molecule has 2 aromatic rings. The van der Waals surface area contributed by atoms with Crippen molar-refractivity contribution in [2.45, 2.75) is 24.8 Å². The molecule has 34 heavy (non-hydrogen) atoms. The van der Waals surface area contributed by atoms with Crippen LogP contribution in [-0.4, -0.2) is 65.2 Å². The largest absolute Gasteiger partial charge is 0.481 e. The Balaban J connectivity index is 1.11. The van der Waals surface area contributed by atoms with E-state index < -0.39 is 12.1 Å². The first-order chi connectivity index (χ1) is 16.5. The number of alkyl carbamates (subject to hydrolysis) is 1.